The van der Waals surface area contributed by atoms with Gasteiger partial charge >= 0.3 is 11.9 Å². The molecule has 0 N–H and O–H groups in total. The van der Waals surface area contributed by atoms with Crippen LogP contribution in [0.25, 0.3) is 0 Å². The standard InChI is InChI=1S/C64H92O8S2/c1-21-67-53(65)39-71-57-43-29-41-31-45(59(5,6)7)36-50(55(41)69-25-27-73-23-3)64(19,20)52-38-48(62(14,15)16)34-44(58(52)72-40-54(66)68-22-2)30-42-32-46(60(8,9)10)35-49(56(42)70-26-28-74-24-4)63(17,18)51(57)37-47(33-43)61(11,12)13/h31-38H,21-30,39-40H2,1-20H3. The lowest BCUT2D eigenvalue weighted by molar-refractivity contribution is -0.146. The van der Waals surface area contributed by atoms with Crippen molar-refractivity contribution in [1.82, 2.24) is 0 Å². The summed E-state index contributed by atoms with van der Waals surface area (Å²) in [5.74, 6) is 5.67. The second-order valence-electron chi connectivity index (χ2n) is 24.9. The normalized spacial score (nSPS) is 14.5. The van der Waals surface area contributed by atoms with Gasteiger partial charge in [-0.1, -0.05) is 173 Å². The fourth-order valence-electron chi connectivity index (χ4n) is 9.61. The lowest BCUT2D eigenvalue weighted by Crippen LogP contribution is -2.28. The van der Waals surface area contributed by atoms with Crippen molar-refractivity contribution in [2.24, 2.45) is 0 Å². The molecule has 0 atom stereocenters. The summed E-state index contributed by atoms with van der Waals surface area (Å²) in [5.41, 5.74) is 9.88. The Morgan fingerprint density at radius 2 is 0.689 bits per heavy atom. The molecule has 0 spiro atoms. The highest BCUT2D eigenvalue weighted by atomic mass is 32.2. The first-order chi connectivity index (χ1) is 34.4. The van der Waals surface area contributed by atoms with Crippen molar-refractivity contribution in [1.29, 1.82) is 0 Å². The number of ether oxygens (including phenoxy) is 6. The smallest absolute Gasteiger partial charge is 0.344 e. The predicted octanol–water partition coefficient (Wildman–Crippen LogP) is 15.2. The number of rotatable bonds is 18. The average molecular weight is 1050 g/mol. The summed E-state index contributed by atoms with van der Waals surface area (Å²) in [4.78, 5) is 26.9. The van der Waals surface area contributed by atoms with Crippen molar-refractivity contribution in [2.75, 3.05) is 62.7 Å². The molecular weight excluding hydrogens is 961 g/mol. The highest BCUT2D eigenvalue weighted by Gasteiger charge is 2.39. The SMILES string of the molecule is CCOC(=O)COc1c2cc(C(C)(C)C)cc1C(C)(C)c1cc(C(C)(C)C)cc(c1OCCSCC)Cc1cc(C(C)(C)C)cc(c1OCC(=O)OCC)C(C)(C)c1cc(C(C)(C)C)cc(c1OCCSCC)C2. The topological polar surface area (TPSA) is 89.5 Å². The number of carbonyl (C=O) groups is 2. The van der Waals surface area contributed by atoms with Gasteiger partial charge in [-0.15, -0.1) is 0 Å². The molecule has 1 aliphatic carbocycles. The Morgan fingerprint density at radius 1 is 0.432 bits per heavy atom. The second kappa shape index (κ2) is 24.4. The molecule has 0 unspecified atom stereocenters. The molecule has 4 aromatic rings. The monoisotopic (exact) mass is 1050 g/mol. The summed E-state index contributed by atoms with van der Waals surface area (Å²) in [7, 11) is 0. The van der Waals surface area contributed by atoms with Crippen LogP contribution < -0.4 is 18.9 Å². The van der Waals surface area contributed by atoms with Crippen LogP contribution in [0.3, 0.4) is 0 Å². The van der Waals surface area contributed by atoms with Gasteiger partial charge in [-0.05, 0) is 91.5 Å². The number of fused-ring (bicyclic) bond motifs is 8. The zero-order valence-electron chi connectivity index (χ0n) is 49.2. The highest BCUT2D eigenvalue weighted by molar-refractivity contribution is 7.99. The molecule has 0 amide bonds. The van der Waals surface area contributed by atoms with E-state index in [9.17, 15) is 9.59 Å². The lowest BCUT2D eigenvalue weighted by Gasteiger charge is -2.37. The van der Waals surface area contributed by atoms with Gasteiger partial charge in [0.25, 0.3) is 0 Å². The molecule has 10 heteroatoms. The van der Waals surface area contributed by atoms with Gasteiger partial charge in [-0.2, -0.15) is 23.5 Å². The van der Waals surface area contributed by atoms with Gasteiger partial charge in [0.15, 0.2) is 13.2 Å². The van der Waals surface area contributed by atoms with Crippen LogP contribution in [0.15, 0.2) is 48.5 Å². The van der Waals surface area contributed by atoms with E-state index in [1.807, 2.05) is 37.4 Å². The molecule has 0 heterocycles. The molecule has 408 valence electrons. The van der Waals surface area contributed by atoms with E-state index in [-0.39, 0.29) is 48.1 Å². The lowest BCUT2D eigenvalue weighted by atomic mass is 9.70. The molecular formula is C64H92O8S2. The minimum atomic E-state index is -0.765. The molecule has 1 aliphatic rings. The third-order valence-corrected chi connectivity index (χ3v) is 15.9. The fraction of sp³-hybridized carbons (Fsp3) is 0.594. The molecule has 0 saturated carbocycles. The Kier molecular flexibility index (Phi) is 20.0. The predicted molar refractivity (Wildman–Crippen MR) is 312 cm³/mol. The van der Waals surface area contributed by atoms with E-state index in [1.54, 1.807) is 0 Å². The first kappa shape index (κ1) is 60.6. The van der Waals surface area contributed by atoms with Crippen LogP contribution >= 0.6 is 23.5 Å². The van der Waals surface area contributed by atoms with E-state index in [2.05, 4.69) is 173 Å². The molecule has 0 aliphatic heterocycles. The third-order valence-electron chi connectivity index (χ3n) is 14.2. The summed E-state index contributed by atoms with van der Waals surface area (Å²) in [5, 5.41) is 0. The minimum absolute atomic E-state index is 0.249. The van der Waals surface area contributed by atoms with Crippen molar-refractivity contribution >= 4 is 35.5 Å². The summed E-state index contributed by atoms with van der Waals surface area (Å²) in [6, 6.07) is 18.5. The van der Waals surface area contributed by atoms with Gasteiger partial charge in [0.1, 0.15) is 23.0 Å². The van der Waals surface area contributed by atoms with Gasteiger partial charge in [0.2, 0.25) is 0 Å². The summed E-state index contributed by atoms with van der Waals surface area (Å²) in [6.45, 7) is 45.2. The van der Waals surface area contributed by atoms with Crippen LogP contribution in [-0.2, 0) is 64.4 Å². The van der Waals surface area contributed by atoms with Crippen LogP contribution in [0, 0.1) is 0 Å². The Morgan fingerprint density at radius 3 is 0.919 bits per heavy atom. The van der Waals surface area contributed by atoms with E-state index in [1.165, 1.54) is 0 Å². The molecule has 4 aromatic carbocycles. The van der Waals surface area contributed by atoms with Gasteiger partial charge in [-0.25, -0.2) is 9.59 Å². The number of hydrogen-bond donors (Lipinski definition) is 0. The summed E-state index contributed by atoms with van der Waals surface area (Å²) in [6.07, 6.45) is 0.886. The first-order valence-corrected chi connectivity index (χ1v) is 29.4. The molecule has 0 aromatic heterocycles. The van der Waals surface area contributed by atoms with Gasteiger partial charge < -0.3 is 28.4 Å². The average Bonchev–Trinajstić information content (AvgIpc) is 3.29. The molecule has 8 nitrogen and oxygen atoms in total. The van der Waals surface area contributed by atoms with Gasteiger partial charge in [0, 0.05) is 57.4 Å². The zero-order chi connectivity index (χ0) is 55.2. The Balaban J connectivity index is 2.15. The third kappa shape index (κ3) is 14.6. The van der Waals surface area contributed by atoms with Crippen LogP contribution in [-0.4, -0.2) is 74.6 Å². The van der Waals surface area contributed by atoms with Crippen molar-refractivity contribution in [3.8, 4) is 23.0 Å². The molecule has 5 rings (SSSR count). The summed E-state index contributed by atoms with van der Waals surface area (Å²) >= 11 is 3.70. The maximum atomic E-state index is 13.5. The van der Waals surface area contributed by atoms with Crippen LogP contribution in [0.1, 0.15) is 205 Å². The molecule has 74 heavy (non-hydrogen) atoms. The largest absolute Gasteiger partial charge is 0.492 e. The van der Waals surface area contributed by atoms with Crippen LogP contribution in [0.5, 0.6) is 23.0 Å². The first-order valence-electron chi connectivity index (χ1n) is 27.1. The quantitative estimate of drug-likeness (QED) is 0.0709. The number of hydrogen-bond acceptors (Lipinski definition) is 10. The molecule has 0 fully saturated rings. The number of benzene rings is 4. The Hall–Kier alpha value is -4.28. The summed E-state index contributed by atoms with van der Waals surface area (Å²) < 4.78 is 39.4. The number of esters is 2. The zero-order valence-corrected chi connectivity index (χ0v) is 50.8. The van der Waals surface area contributed by atoms with Crippen molar-refractivity contribution < 1.29 is 38.0 Å². The van der Waals surface area contributed by atoms with Crippen LogP contribution in [0.4, 0.5) is 0 Å². The van der Waals surface area contributed by atoms with E-state index in [0.717, 1.165) is 101 Å². The molecule has 8 bridgehead atoms. The second-order valence-corrected chi connectivity index (χ2v) is 27.7. The van der Waals surface area contributed by atoms with Crippen molar-refractivity contribution in [3.63, 3.8) is 0 Å². The van der Waals surface area contributed by atoms with Crippen LogP contribution in [0.2, 0.25) is 0 Å². The number of carbonyl (C=O) groups excluding carboxylic acids is 2. The Labute approximate surface area is 455 Å². The molecule has 0 saturated heterocycles. The van der Waals surface area contributed by atoms with E-state index in [0.29, 0.717) is 37.6 Å². The van der Waals surface area contributed by atoms with E-state index < -0.39 is 22.8 Å². The van der Waals surface area contributed by atoms with E-state index >= 15 is 0 Å². The van der Waals surface area contributed by atoms with Crippen molar-refractivity contribution in [3.05, 3.63) is 115 Å². The van der Waals surface area contributed by atoms with Crippen molar-refractivity contribution in [2.45, 2.75) is 184 Å². The Bertz CT molecular complexity index is 2420. The highest BCUT2D eigenvalue weighted by Crippen LogP contribution is 2.52. The van der Waals surface area contributed by atoms with Gasteiger partial charge in [0.05, 0.1) is 26.4 Å². The number of thioether (sulfide) groups is 2. The molecule has 0 radical (unpaired) electrons. The van der Waals surface area contributed by atoms with E-state index in [4.69, 9.17) is 28.4 Å². The maximum absolute atomic E-state index is 13.5. The fourth-order valence-corrected chi connectivity index (χ4v) is 10.6. The maximum Gasteiger partial charge on any atom is 0.344 e. The van der Waals surface area contributed by atoms with Gasteiger partial charge in [-0.3, -0.25) is 0 Å². The minimum Gasteiger partial charge on any atom is -0.492 e.